The van der Waals surface area contributed by atoms with E-state index in [4.69, 9.17) is 20.2 Å². The topological polar surface area (TPSA) is 101 Å². The van der Waals surface area contributed by atoms with Crippen LogP contribution in [0.25, 0.3) is 22.2 Å². The molecule has 2 aromatic heterocycles. The molecule has 5 atom stereocenters. The fraction of sp³-hybridized carbons (Fsp3) is 0.594. The van der Waals surface area contributed by atoms with Crippen LogP contribution in [0, 0.1) is 24.0 Å². The molecule has 4 aliphatic heterocycles. The second-order valence-corrected chi connectivity index (χ2v) is 14.4. The number of hydrogen-bond acceptors (Lipinski definition) is 9. The van der Waals surface area contributed by atoms with E-state index >= 15 is 4.39 Å². The van der Waals surface area contributed by atoms with Crippen LogP contribution in [0.4, 0.5) is 33.5 Å². The van der Waals surface area contributed by atoms with Crippen LogP contribution >= 0.6 is 0 Å². The van der Waals surface area contributed by atoms with Gasteiger partial charge in [0.05, 0.1) is 23.9 Å². The third-order valence-electron chi connectivity index (χ3n) is 10.6. The van der Waals surface area contributed by atoms with Crippen molar-refractivity contribution >= 4 is 22.4 Å². The minimum absolute atomic E-state index is 0.0591. The fourth-order valence-corrected chi connectivity index (χ4v) is 7.75. The molecule has 4 fully saturated rings. The smallest absolute Gasteiger partial charge is 0.417 e. The maximum Gasteiger partial charge on any atom is 0.417 e. The summed E-state index contributed by atoms with van der Waals surface area (Å²) in [6.07, 6.45) is -1.70. The molecule has 6 heterocycles. The lowest BCUT2D eigenvalue weighted by molar-refractivity contribution is -0.137. The van der Waals surface area contributed by atoms with Crippen LogP contribution < -0.4 is 25.4 Å². The maximum absolute atomic E-state index is 16.8. The van der Waals surface area contributed by atoms with Crippen molar-refractivity contribution in [3.63, 3.8) is 0 Å². The molecule has 1 aromatic carbocycles. The van der Waals surface area contributed by atoms with Gasteiger partial charge in [-0.05, 0) is 65.0 Å². The zero-order valence-corrected chi connectivity index (χ0v) is 26.1. The van der Waals surface area contributed by atoms with Gasteiger partial charge in [-0.15, -0.1) is 0 Å². The summed E-state index contributed by atoms with van der Waals surface area (Å²) in [5.41, 5.74) is 1.55. The first kappa shape index (κ1) is 29.9. The summed E-state index contributed by atoms with van der Waals surface area (Å²) in [6, 6.07) is 0.743. The van der Waals surface area contributed by atoms with Gasteiger partial charge in [0.2, 0.25) is 5.88 Å². The lowest BCUT2D eigenvalue weighted by Gasteiger charge is -2.42. The summed E-state index contributed by atoms with van der Waals surface area (Å²) in [5, 5.41) is 3.79. The molecule has 5 aliphatic rings. The zero-order chi connectivity index (χ0) is 32.5. The highest BCUT2D eigenvalue weighted by Gasteiger charge is 2.53. The first-order valence-corrected chi connectivity index (χ1v) is 15.8. The normalized spacial score (nSPS) is 28.5. The Hall–Kier alpha value is -3.52. The first-order chi connectivity index (χ1) is 21.7. The second-order valence-electron chi connectivity index (χ2n) is 14.4. The van der Waals surface area contributed by atoms with Crippen LogP contribution in [0.1, 0.15) is 57.6 Å². The quantitative estimate of drug-likeness (QED) is 0.212. The predicted octanol–water partition coefficient (Wildman–Crippen LogP) is 5.22. The number of fused-ring (bicyclic) bond motifs is 5. The SMILES string of the molecule is Cc1c(F)c(N)cc(-c2nc3c4c(nc(OCC5(CN6CC6(C)C)CC5)nc4c2F)N2C[C@H]4CC[C@H](N4)[C@H]2[C@H](C)O3)c1C(F)(F)F. The Morgan fingerprint density at radius 3 is 2.54 bits per heavy atom. The second kappa shape index (κ2) is 9.75. The third kappa shape index (κ3) is 4.65. The van der Waals surface area contributed by atoms with Crippen LogP contribution in [-0.2, 0) is 6.18 Å². The Morgan fingerprint density at radius 2 is 1.87 bits per heavy atom. The lowest BCUT2D eigenvalue weighted by Crippen LogP contribution is -2.62. The van der Waals surface area contributed by atoms with Gasteiger partial charge in [0.1, 0.15) is 34.3 Å². The highest BCUT2D eigenvalue weighted by atomic mass is 19.4. The van der Waals surface area contributed by atoms with E-state index in [-0.39, 0.29) is 51.9 Å². The van der Waals surface area contributed by atoms with Crippen molar-refractivity contribution in [2.45, 2.75) is 89.3 Å². The summed E-state index contributed by atoms with van der Waals surface area (Å²) < 4.78 is 87.2. The van der Waals surface area contributed by atoms with Crippen molar-refractivity contribution in [3.05, 3.63) is 28.8 Å². The molecule has 3 aromatic rings. The highest BCUT2D eigenvalue weighted by molar-refractivity contribution is 5.97. The van der Waals surface area contributed by atoms with Crippen LogP contribution in [0.3, 0.4) is 0 Å². The number of pyridine rings is 1. The number of nitrogens with zero attached hydrogens (tertiary/aromatic N) is 5. The summed E-state index contributed by atoms with van der Waals surface area (Å²) >= 11 is 0. The molecule has 0 amide bonds. The van der Waals surface area contributed by atoms with Crippen molar-refractivity contribution in [2.24, 2.45) is 5.41 Å². The van der Waals surface area contributed by atoms with Crippen LogP contribution in [0.15, 0.2) is 6.07 Å². The summed E-state index contributed by atoms with van der Waals surface area (Å²) in [6.45, 7) is 9.98. The number of anilines is 2. The molecule has 14 heteroatoms. The third-order valence-corrected chi connectivity index (χ3v) is 10.6. The average Bonchev–Trinajstić information content (AvgIpc) is 3.85. The molecule has 9 nitrogen and oxygen atoms in total. The predicted molar refractivity (Wildman–Crippen MR) is 161 cm³/mol. The number of piperazine rings is 1. The van der Waals surface area contributed by atoms with Gasteiger partial charge in [0.15, 0.2) is 5.82 Å². The van der Waals surface area contributed by atoms with Gasteiger partial charge in [-0.3, -0.25) is 4.90 Å². The van der Waals surface area contributed by atoms with Gasteiger partial charge in [-0.2, -0.15) is 23.1 Å². The van der Waals surface area contributed by atoms with E-state index in [9.17, 15) is 17.6 Å². The molecule has 0 radical (unpaired) electrons. The molecule has 3 saturated heterocycles. The molecular formula is C32H36F5N7O2. The van der Waals surface area contributed by atoms with Gasteiger partial charge in [-0.25, -0.2) is 13.8 Å². The average molecular weight is 646 g/mol. The van der Waals surface area contributed by atoms with Crippen LogP contribution in [-0.4, -0.2) is 75.9 Å². The van der Waals surface area contributed by atoms with Gasteiger partial charge >= 0.3 is 12.2 Å². The molecule has 1 saturated carbocycles. The Balaban J connectivity index is 1.30. The molecule has 1 unspecified atom stereocenters. The molecule has 246 valence electrons. The Kier molecular flexibility index (Phi) is 6.33. The largest absolute Gasteiger partial charge is 0.472 e. The van der Waals surface area contributed by atoms with E-state index in [0.717, 1.165) is 51.8 Å². The zero-order valence-electron chi connectivity index (χ0n) is 26.1. The van der Waals surface area contributed by atoms with E-state index in [1.807, 2.05) is 6.92 Å². The minimum atomic E-state index is -5.03. The van der Waals surface area contributed by atoms with Crippen molar-refractivity contribution < 1.29 is 31.4 Å². The first-order valence-electron chi connectivity index (χ1n) is 15.8. The number of halogens is 5. The summed E-state index contributed by atoms with van der Waals surface area (Å²) in [5.74, 6) is -2.06. The number of alkyl halides is 3. The van der Waals surface area contributed by atoms with Crippen molar-refractivity contribution in [2.75, 3.05) is 36.9 Å². The van der Waals surface area contributed by atoms with E-state index in [1.54, 1.807) is 0 Å². The number of ether oxygens (including phenoxy) is 2. The minimum Gasteiger partial charge on any atom is -0.472 e. The summed E-state index contributed by atoms with van der Waals surface area (Å²) in [7, 11) is 0. The van der Waals surface area contributed by atoms with E-state index in [1.165, 1.54) is 0 Å². The number of rotatable bonds is 6. The fourth-order valence-electron chi connectivity index (χ4n) is 7.75. The molecule has 0 spiro atoms. The van der Waals surface area contributed by atoms with Crippen molar-refractivity contribution in [1.82, 2.24) is 25.2 Å². The number of nitrogens with two attached hydrogens (primary N) is 1. The van der Waals surface area contributed by atoms with Crippen LogP contribution in [0.2, 0.25) is 0 Å². The Bertz CT molecular complexity index is 1780. The van der Waals surface area contributed by atoms with Gasteiger partial charge in [0.25, 0.3) is 0 Å². The Morgan fingerprint density at radius 1 is 1.13 bits per heavy atom. The number of nitrogens with one attached hydrogen (secondary N) is 1. The van der Waals surface area contributed by atoms with Crippen molar-refractivity contribution in [1.29, 1.82) is 0 Å². The van der Waals surface area contributed by atoms with E-state index in [2.05, 4.69) is 38.9 Å². The van der Waals surface area contributed by atoms with Crippen LogP contribution in [0.5, 0.6) is 11.9 Å². The monoisotopic (exact) mass is 645 g/mol. The molecule has 46 heavy (non-hydrogen) atoms. The van der Waals surface area contributed by atoms with Gasteiger partial charge in [0, 0.05) is 48.2 Å². The number of hydrogen-bond donors (Lipinski definition) is 2. The van der Waals surface area contributed by atoms with Gasteiger partial charge < -0.3 is 25.4 Å². The maximum atomic E-state index is 16.8. The van der Waals surface area contributed by atoms with E-state index < -0.39 is 52.0 Å². The Labute approximate surface area is 262 Å². The van der Waals surface area contributed by atoms with Crippen molar-refractivity contribution in [3.8, 4) is 23.1 Å². The highest BCUT2D eigenvalue weighted by Crippen LogP contribution is 2.51. The lowest BCUT2D eigenvalue weighted by atomic mass is 9.96. The molecule has 8 rings (SSSR count). The summed E-state index contributed by atoms with van der Waals surface area (Å²) in [4.78, 5) is 18.1. The van der Waals surface area contributed by atoms with Gasteiger partial charge in [-0.1, -0.05) is 0 Å². The number of nitrogen functional groups attached to an aromatic ring is 1. The number of benzene rings is 1. The standard InChI is InChI=1S/C32H36F5N7O2/c1-14-21(32(35,36)37)17(9-18(38)22(14)33)24-23(34)25-20-27(42-29(41-25)45-13-31(7-8-31)12-43-11-30(43,3)4)44-10-16-5-6-19(39-16)26(44)15(2)46-28(20)40-24/h9,15-16,19,26,39H,5-8,10-13,38H2,1-4H3/t15-,16+,19-,26+,43?/m0/s1. The molecule has 1 aliphatic carbocycles. The molecule has 2 bridgehead atoms. The molecule has 3 N–H and O–H groups in total. The van der Waals surface area contributed by atoms with E-state index in [0.29, 0.717) is 19.0 Å². The number of aromatic nitrogens is 3. The molecular weight excluding hydrogens is 609 g/mol.